The quantitative estimate of drug-likeness (QED) is 0.647. The summed E-state index contributed by atoms with van der Waals surface area (Å²) in [6, 6.07) is -0.0476. The largest absolute Gasteiger partial charge is 0.481 e. The molecule has 0 radical (unpaired) electrons. The van der Waals surface area contributed by atoms with E-state index in [-0.39, 0.29) is 6.04 Å². The average Bonchev–Trinajstić information content (AvgIpc) is 2.58. The van der Waals surface area contributed by atoms with E-state index in [4.69, 9.17) is 10.2 Å². The van der Waals surface area contributed by atoms with Crippen molar-refractivity contribution >= 4 is 11.9 Å². The van der Waals surface area contributed by atoms with E-state index in [1.54, 1.807) is 0 Å². The Hall–Kier alpha value is -1.10. The predicted octanol–water partition coefficient (Wildman–Crippen LogP) is -0.134. The smallest absolute Gasteiger partial charge is 0.309 e. The van der Waals surface area contributed by atoms with E-state index >= 15 is 0 Å². The molecule has 2 aliphatic heterocycles. The number of carbonyl (C=O) groups is 2. The lowest BCUT2D eigenvalue weighted by molar-refractivity contribution is -0.152. The molecule has 0 aromatic rings. The van der Waals surface area contributed by atoms with Gasteiger partial charge >= 0.3 is 11.9 Å². The predicted molar refractivity (Wildman–Crippen MR) is 46.8 cm³/mol. The van der Waals surface area contributed by atoms with Crippen LogP contribution in [-0.2, 0) is 9.59 Å². The lowest BCUT2D eigenvalue weighted by Gasteiger charge is -2.16. The highest BCUT2D eigenvalue weighted by molar-refractivity contribution is 5.81. The monoisotopic (exact) mass is 199 g/mol. The zero-order valence-corrected chi connectivity index (χ0v) is 7.72. The molecule has 2 unspecified atom stereocenters. The van der Waals surface area contributed by atoms with Crippen LogP contribution in [0.25, 0.3) is 0 Å². The molecule has 5 heteroatoms. The van der Waals surface area contributed by atoms with Crippen LogP contribution in [0.3, 0.4) is 0 Å². The Bertz CT molecular complexity index is 278. The fourth-order valence-electron chi connectivity index (χ4n) is 2.69. The molecule has 2 aliphatic rings. The maximum absolute atomic E-state index is 11.0. The molecule has 5 nitrogen and oxygen atoms in total. The first-order valence-corrected chi connectivity index (χ1v) is 4.81. The summed E-state index contributed by atoms with van der Waals surface area (Å²) in [4.78, 5) is 23.8. The molecule has 0 saturated carbocycles. The summed E-state index contributed by atoms with van der Waals surface area (Å²) in [6.45, 7) is 1.25. The molecule has 0 aliphatic carbocycles. The van der Waals surface area contributed by atoms with Gasteiger partial charge in [0, 0.05) is 12.6 Å². The summed E-state index contributed by atoms with van der Waals surface area (Å²) in [6.07, 6.45) is 1.81. The highest BCUT2D eigenvalue weighted by Gasteiger charge is 2.50. The number of rotatable bonds is 2. The third-order valence-electron chi connectivity index (χ3n) is 3.30. The van der Waals surface area contributed by atoms with Gasteiger partial charge in [0.15, 0.2) is 0 Å². The highest BCUT2D eigenvalue weighted by Crippen LogP contribution is 2.36. The van der Waals surface area contributed by atoms with Crippen LogP contribution in [0.4, 0.5) is 0 Å². The maximum Gasteiger partial charge on any atom is 0.309 e. The molecule has 14 heavy (non-hydrogen) atoms. The lowest BCUT2D eigenvalue weighted by Crippen LogP contribution is -2.33. The van der Waals surface area contributed by atoms with Crippen molar-refractivity contribution in [1.29, 1.82) is 0 Å². The van der Waals surface area contributed by atoms with Gasteiger partial charge in [-0.3, -0.25) is 14.5 Å². The van der Waals surface area contributed by atoms with Crippen LogP contribution in [0.15, 0.2) is 0 Å². The van der Waals surface area contributed by atoms with Crippen LogP contribution in [-0.4, -0.2) is 46.2 Å². The standard InChI is InChI=1S/C9H13NO4/c11-8(12)5-4-10-3-1-2-6(10)7(5)9(13)14/h5-7H,1-4H2,(H,11,12)(H,13,14)/t5?,6?,7-/m0/s1. The average molecular weight is 199 g/mol. The Labute approximate surface area is 81.3 Å². The third-order valence-corrected chi connectivity index (χ3v) is 3.30. The van der Waals surface area contributed by atoms with Crippen LogP contribution < -0.4 is 0 Å². The van der Waals surface area contributed by atoms with Crippen LogP contribution in [0.5, 0.6) is 0 Å². The molecule has 78 valence electrons. The highest BCUT2D eigenvalue weighted by atomic mass is 16.4. The first-order chi connectivity index (χ1) is 6.61. The molecular formula is C9H13NO4. The molecule has 3 atom stereocenters. The zero-order valence-electron chi connectivity index (χ0n) is 7.72. The van der Waals surface area contributed by atoms with E-state index in [9.17, 15) is 9.59 Å². The maximum atomic E-state index is 11.0. The molecule has 2 heterocycles. The number of aliphatic carboxylic acids is 2. The van der Waals surface area contributed by atoms with E-state index in [2.05, 4.69) is 0 Å². The van der Waals surface area contributed by atoms with Crippen molar-refractivity contribution in [3.05, 3.63) is 0 Å². The zero-order chi connectivity index (χ0) is 10.3. The number of carboxylic acids is 2. The SMILES string of the molecule is O=C(O)C1CN2CCCC2[C@H]1C(=O)O. The van der Waals surface area contributed by atoms with Gasteiger partial charge in [0.2, 0.25) is 0 Å². The van der Waals surface area contributed by atoms with Gasteiger partial charge in [-0.25, -0.2) is 0 Å². The van der Waals surface area contributed by atoms with Crippen molar-refractivity contribution in [2.75, 3.05) is 13.1 Å². The van der Waals surface area contributed by atoms with Crippen molar-refractivity contribution in [3.63, 3.8) is 0 Å². The minimum absolute atomic E-state index is 0.0476. The number of hydrogen-bond donors (Lipinski definition) is 2. The Morgan fingerprint density at radius 2 is 1.93 bits per heavy atom. The Morgan fingerprint density at radius 3 is 2.50 bits per heavy atom. The van der Waals surface area contributed by atoms with E-state index < -0.39 is 23.8 Å². The van der Waals surface area contributed by atoms with Crippen LogP contribution in [0, 0.1) is 11.8 Å². The summed E-state index contributed by atoms with van der Waals surface area (Å²) in [5.74, 6) is -3.38. The fraction of sp³-hybridized carbons (Fsp3) is 0.778. The summed E-state index contributed by atoms with van der Waals surface area (Å²) >= 11 is 0. The van der Waals surface area contributed by atoms with Gasteiger partial charge in [0.25, 0.3) is 0 Å². The first-order valence-electron chi connectivity index (χ1n) is 4.81. The summed E-state index contributed by atoms with van der Waals surface area (Å²) in [5, 5.41) is 17.9. The van der Waals surface area contributed by atoms with Crippen molar-refractivity contribution in [3.8, 4) is 0 Å². The fourth-order valence-corrected chi connectivity index (χ4v) is 2.69. The molecule has 0 aromatic carbocycles. The molecular weight excluding hydrogens is 186 g/mol. The molecule has 0 amide bonds. The Balaban J connectivity index is 2.21. The van der Waals surface area contributed by atoms with Crippen molar-refractivity contribution in [1.82, 2.24) is 4.90 Å². The minimum atomic E-state index is -0.980. The Morgan fingerprint density at radius 1 is 1.21 bits per heavy atom. The number of nitrogens with zero attached hydrogens (tertiary/aromatic N) is 1. The van der Waals surface area contributed by atoms with E-state index in [0.29, 0.717) is 6.54 Å². The number of fused-ring (bicyclic) bond motifs is 1. The van der Waals surface area contributed by atoms with E-state index in [0.717, 1.165) is 19.4 Å². The van der Waals surface area contributed by atoms with Gasteiger partial charge < -0.3 is 10.2 Å². The van der Waals surface area contributed by atoms with Crippen molar-refractivity contribution < 1.29 is 19.8 Å². The van der Waals surface area contributed by atoms with Gasteiger partial charge in [-0.1, -0.05) is 0 Å². The van der Waals surface area contributed by atoms with E-state index in [1.807, 2.05) is 4.90 Å². The second-order valence-corrected chi connectivity index (χ2v) is 4.01. The van der Waals surface area contributed by atoms with Crippen LogP contribution in [0.2, 0.25) is 0 Å². The second kappa shape index (κ2) is 3.24. The molecule has 0 spiro atoms. The van der Waals surface area contributed by atoms with E-state index in [1.165, 1.54) is 0 Å². The molecule has 2 N–H and O–H groups in total. The molecule has 0 bridgehead atoms. The second-order valence-electron chi connectivity index (χ2n) is 4.01. The summed E-state index contributed by atoms with van der Waals surface area (Å²) in [5.41, 5.74) is 0. The van der Waals surface area contributed by atoms with Crippen LogP contribution >= 0.6 is 0 Å². The number of hydrogen-bond acceptors (Lipinski definition) is 3. The normalized spacial score (nSPS) is 37.0. The van der Waals surface area contributed by atoms with Gasteiger partial charge in [-0.05, 0) is 19.4 Å². The third kappa shape index (κ3) is 1.28. The molecule has 2 fully saturated rings. The summed E-state index contributed by atoms with van der Waals surface area (Å²) < 4.78 is 0. The first kappa shape index (κ1) is 9.45. The molecule has 2 rings (SSSR count). The van der Waals surface area contributed by atoms with Crippen molar-refractivity contribution in [2.24, 2.45) is 11.8 Å². The number of carboxylic acid groups (broad SMARTS) is 2. The van der Waals surface area contributed by atoms with Gasteiger partial charge in [-0.2, -0.15) is 0 Å². The minimum Gasteiger partial charge on any atom is -0.481 e. The van der Waals surface area contributed by atoms with Crippen molar-refractivity contribution in [2.45, 2.75) is 18.9 Å². The van der Waals surface area contributed by atoms with Gasteiger partial charge in [0.05, 0.1) is 11.8 Å². The molecule has 0 aromatic heterocycles. The summed E-state index contributed by atoms with van der Waals surface area (Å²) in [7, 11) is 0. The topological polar surface area (TPSA) is 77.8 Å². The van der Waals surface area contributed by atoms with Crippen LogP contribution in [0.1, 0.15) is 12.8 Å². The van der Waals surface area contributed by atoms with Gasteiger partial charge in [-0.15, -0.1) is 0 Å². The van der Waals surface area contributed by atoms with Gasteiger partial charge in [0.1, 0.15) is 0 Å². The molecule has 2 saturated heterocycles. The Kier molecular flexibility index (Phi) is 2.19. The lowest BCUT2D eigenvalue weighted by atomic mass is 9.89.